The Morgan fingerprint density at radius 2 is 0.646 bits per heavy atom. The van der Waals surface area contributed by atoms with Crippen molar-refractivity contribution in [2.75, 3.05) is 0 Å². The van der Waals surface area contributed by atoms with Crippen molar-refractivity contribution in [1.82, 2.24) is 9.13 Å². The van der Waals surface area contributed by atoms with Crippen LogP contribution in [0.3, 0.4) is 0 Å². The Morgan fingerprint density at radius 1 is 0.312 bits per heavy atom. The highest BCUT2D eigenvalue weighted by molar-refractivity contribution is 9.11. The summed E-state index contributed by atoms with van der Waals surface area (Å²) >= 11 is 7.92. The van der Waals surface area contributed by atoms with E-state index in [1.54, 1.807) is 0 Å². The first kappa shape index (κ1) is 27.9. The number of nitrogens with zero attached hydrogens (tertiary/aromatic N) is 2. The molecule has 10 aromatic rings. The molecule has 0 amide bonds. The summed E-state index contributed by atoms with van der Waals surface area (Å²) in [5.41, 5.74) is 9.51. The highest BCUT2D eigenvalue weighted by Gasteiger charge is 2.16. The van der Waals surface area contributed by atoms with E-state index in [1.165, 1.54) is 65.2 Å². The number of hydrogen-bond acceptors (Lipinski definition) is 0. The van der Waals surface area contributed by atoms with Crippen LogP contribution in [0.4, 0.5) is 0 Å². The van der Waals surface area contributed by atoms with E-state index < -0.39 is 0 Å². The van der Waals surface area contributed by atoms with Crippen molar-refractivity contribution in [2.24, 2.45) is 0 Å². The van der Waals surface area contributed by atoms with Crippen molar-refractivity contribution in [3.05, 3.63) is 167 Å². The van der Waals surface area contributed by atoms with Gasteiger partial charge in [0.25, 0.3) is 0 Å². The van der Waals surface area contributed by atoms with Gasteiger partial charge in [-0.05, 0) is 105 Å². The number of rotatable bonds is 3. The molecule has 0 unspecified atom stereocenters. The number of para-hydroxylation sites is 4. The van der Waals surface area contributed by atoms with E-state index in [1.807, 2.05) is 0 Å². The topological polar surface area (TPSA) is 9.86 Å². The second-order valence-electron chi connectivity index (χ2n) is 12.5. The Balaban J connectivity index is 1.08. The third-order valence-corrected chi connectivity index (χ3v) is 11.1. The van der Waals surface area contributed by atoms with Gasteiger partial charge >= 0.3 is 0 Å². The van der Waals surface area contributed by atoms with Crippen LogP contribution in [0.1, 0.15) is 0 Å². The fourth-order valence-corrected chi connectivity index (χ4v) is 8.76. The minimum atomic E-state index is 1.07. The molecule has 0 radical (unpaired) electrons. The molecule has 0 atom stereocenters. The Labute approximate surface area is 293 Å². The van der Waals surface area contributed by atoms with E-state index in [0.717, 1.165) is 31.4 Å². The molecule has 2 nitrogen and oxygen atoms in total. The van der Waals surface area contributed by atoms with Gasteiger partial charge in [-0.25, -0.2) is 0 Å². The third kappa shape index (κ3) is 4.16. The Hall–Kier alpha value is -5.16. The zero-order chi connectivity index (χ0) is 31.9. The highest BCUT2D eigenvalue weighted by atomic mass is 79.9. The van der Waals surface area contributed by atoms with Crippen LogP contribution in [-0.2, 0) is 0 Å². The fraction of sp³-hybridized carbons (Fsp3) is 0. The van der Waals surface area contributed by atoms with Gasteiger partial charge in [0.1, 0.15) is 0 Å². The summed E-state index contributed by atoms with van der Waals surface area (Å²) < 4.78 is 6.88. The van der Waals surface area contributed by atoms with E-state index in [4.69, 9.17) is 0 Å². The molecule has 10 rings (SSSR count). The van der Waals surface area contributed by atoms with Gasteiger partial charge in [-0.15, -0.1) is 0 Å². The van der Waals surface area contributed by atoms with Gasteiger partial charge in [-0.1, -0.05) is 117 Å². The van der Waals surface area contributed by atoms with Gasteiger partial charge < -0.3 is 9.13 Å². The van der Waals surface area contributed by atoms with Crippen LogP contribution < -0.4 is 0 Å². The van der Waals surface area contributed by atoms with Crippen LogP contribution in [0, 0.1) is 0 Å². The number of aromatic nitrogens is 2. The Morgan fingerprint density at radius 3 is 1.00 bits per heavy atom. The lowest BCUT2D eigenvalue weighted by molar-refractivity contribution is 1.19. The molecule has 0 saturated carbocycles. The minimum Gasteiger partial charge on any atom is -0.309 e. The predicted octanol–water partition coefficient (Wildman–Crippen LogP) is 13.4. The summed E-state index contributed by atoms with van der Waals surface area (Å²) in [6.45, 7) is 0. The van der Waals surface area contributed by atoms with Gasteiger partial charge in [0.15, 0.2) is 0 Å². The summed E-state index contributed by atoms with van der Waals surface area (Å²) in [6, 6.07) is 57.3. The lowest BCUT2D eigenvalue weighted by Gasteiger charge is -2.14. The van der Waals surface area contributed by atoms with Crippen LogP contribution in [0.25, 0.3) is 87.7 Å². The van der Waals surface area contributed by atoms with Gasteiger partial charge in [-0.3, -0.25) is 0 Å². The first-order chi connectivity index (χ1) is 23.6. The summed E-state index contributed by atoms with van der Waals surface area (Å²) in [5, 5.41) is 9.87. The van der Waals surface area contributed by atoms with Gasteiger partial charge in [-0.2, -0.15) is 0 Å². The monoisotopic (exact) mass is 740 g/mol. The maximum absolute atomic E-state index is 3.96. The summed E-state index contributed by atoms with van der Waals surface area (Å²) in [5.74, 6) is 0. The molecular formula is C44H26Br2N2. The molecule has 0 saturated heterocycles. The van der Waals surface area contributed by atoms with Crippen LogP contribution in [-0.4, -0.2) is 9.13 Å². The zero-order valence-electron chi connectivity index (χ0n) is 25.7. The predicted molar refractivity (Wildman–Crippen MR) is 211 cm³/mol. The van der Waals surface area contributed by atoms with Crippen LogP contribution in [0.5, 0.6) is 0 Å². The summed E-state index contributed by atoms with van der Waals surface area (Å²) in [4.78, 5) is 0. The van der Waals surface area contributed by atoms with Crippen molar-refractivity contribution < 1.29 is 0 Å². The van der Waals surface area contributed by atoms with Crippen molar-refractivity contribution in [1.29, 1.82) is 0 Å². The van der Waals surface area contributed by atoms with E-state index in [0.29, 0.717) is 0 Å². The van der Waals surface area contributed by atoms with Crippen LogP contribution in [0.2, 0.25) is 0 Å². The van der Waals surface area contributed by atoms with Crippen LogP contribution in [0.15, 0.2) is 167 Å². The molecular weight excluding hydrogens is 716 g/mol. The van der Waals surface area contributed by atoms with Crippen molar-refractivity contribution in [2.45, 2.75) is 0 Å². The molecule has 4 heteroatoms. The maximum Gasteiger partial charge on any atom is 0.0541 e. The molecule has 48 heavy (non-hydrogen) atoms. The fourth-order valence-electron chi connectivity index (χ4n) is 7.61. The molecule has 2 heterocycles. The van der Waals surface area contributed by atoms with Crippen LogP contribution >= 0.6 is 31.9 Å². The van der Waals surface area contributed by atoms with Gasteiger partial charge in [0.05, 0.1) is 22.1 Å². The highest BCUT2D eigenvalue weighted by Crippen LogP contribution is 2.41. The average Bonchev–Trinajstić information content (AvgIpc) is 3.64. The maximum atomic E-state index is 3.96. The number of benzene rings is 8. The molecule has 0 N–H and O–H groups in total. The van der Waals surface area contributed by atoms with Crippen molar-refractivity contribution in [3.8, 4) is 22.5 Å². The summed E-state index contributed by atoms with van der Waals surface area (Å²) in [7, 11) is 0. The molecule has 0 bridgehead atoms. The Bertz CT molecular complexity index is 2620. The minimum absolute atomic E-state index is 1.07. The number of halogens is 2. The lowest BCUT2D eigenvalue weighted by atomic mass is 9.98. The smallest absolute Gasteiger partial charge is 0.0541 e. The van der Waals surface area contributed by atoms with Gasteiger partial charge in [0.2, 0.25) is 0 Å². The molecule has 2 aromatic heterocycles. The quantitative estimate of drug-likeness (QED) is 0.171. The third-order valence-electron chi connectivity index (χ3n) is 9.79. The SMILES string of the molecule is Brc1cc2cc(-n3c4ccccc4c4ccccc43)ccc2cc1-c1cc2ccc(-n3c4ccccc4c4ccccc43)cc2cc1Br. The number of hydrogen-bond donors (Lipinski definition) is 0. The molecule has 0 fully saturated rings. The second-order valence-corrected chi connectivity index (χ2v) is 14.2. The second kappa shape index (κ2) is 10.7. The number of fused-ring (bicyclic) bond motifs is 8. The first-order valence-corrected chi connectivity index (χ1v) is 17.7. The van der Waals surface area contributed by atoms with Crippen molar-refractivity contribution in [3.63, 3.8) is 0 Å². The molecule has 0 spiro atoms. The van der Waals surface area contributed by atoms with E-state index in [2.05, 4.69) is 199 Å². The lowest BCUT2D eigenvalue weighted by Crippen LogP contribution is -1.94. The molecule has 0 aliphatic heterocycles. The average molecular weight is 743 g/mol. The molecule has 0 aliphatic carbocycles. The molecule has 0 aliphatic rings. The normalized spacial score (nSPS) is 12.0. The first-order valence-electron chi connectivity index (χ1n) is 16.1. The molecule has 226 valence electrons. The van der Waals surface area contributed by atoms with E-state index >= 15 is 0 Å². The van der Waals surface area contributed by atoms with Crippen molar-refractivity contribution >= 4 is 97.0 Å². The molecule has 8 aromatic carbocycles. The van der Waals surface area contributed by atoms with E-state index in [-0.39, 0.29) is 0 Å². The van der Waals surface area contributed by atoms with Gasteiger partial charge in [0, 0.05) is 41.9 Å². The summed E-state index contributed by atoms with van der Waals surface area (Å²) in [6.07, 6.45) is 0. The standard InChI is InChI=1S/C44H26Br2N2/c45-39-25-29-21-31(47-41-13-5-1-9-33(41)34-10-2-6-14-42(34)47)19-17-27(29)23-37(39)38-24-28-18-20-32(22-30(28)26-40(38)46)48-43-15-7-3-11-35(43)36-12-4-8-16-44(36)48/h1-26H. The largest absolute Gasteiger partial charge is 0.309 e. The zero-order valence-corrected chi connectivity index (χ0v) is 28.8. The Kier molecular flexibility index (Phi) is 6.21. The van der Waals surface area contributed by atoms with E-state index in [9.17, 15) is 0 Å².